The van der Waals surface area contributed by atoms with Crippen molar-refractivity contribution in [3.8, 4) is 0 Å². The average Bonchev–Trinajstić information content (AvgIpc) is 2.47. The summed E-state index contributed by atoms with van der Waals surface area (Å²) in [6.45, 7) is 0. The second-order valence-electron chi connectivity index (χ2n) is 4.14. The highest BCUT2D eigenvalue weighted by Crippen LogP contribution is 2.29. The molecule has 0 atom stereocenters. The van der Waals surface area contributed by atoms with Crippen LogP contribution in [-0.4, -0.2) is 19.9 Å². The molecule has 104 valence electrons. The van der Waals surface area contributed by atoms with E-state index in [1.165, 1.54) is 0 Å². The predicted molar refractivity (Wildman–Crippen MR) is 78.7 cm³/mol. The largest absolute Gasteiger partial charge is 0.333 e. The molecule has 0 amide bonds. The van der Waals surface area contributed by atoms with Crippen LogP contribution in [-0.2, 0) is 0 Å². The van der Waals surface area contributed by atoms with Gasteiger partial charge < -0.3 is 5.32 Å². The number of benzene rings is 1. The van der Waals surface area contributed by atoms with Crippen molar-refractivity contribution < 1.29 is 4.92 Å². The van der Waals surface area contributed by atoms with Gasteiger partial charge in [0.1, 0.15) is 6.20 Å². The van der Waals surface area contributed by atoms with Crippen LogP contribution in [0.3, 0.4) is 0 Å². The molecular formula is C13H8ClN5O2. The van der Waals surface area contributed by atoms with Gasteiger partial charge in [0.2, 0.25) is 11.1 Å². The molecule has 7 nitrogen and oxygen atoms in total. The molecule has 2 aromatic heterocycles. The number of pyridine rings is 1. The van der Waals surface area contributed by atoms with E-state index in [1.807, 2.05) is 24.3 Å². The van der Waals surface area contributed by atoms with Gasteiger partial charge in [0.25, 0.3) is 0 Å². The van der Waals surface area contributed by atoms with Gasteiger partial charge in [-0.1, -0.05) is 18.2 Å². The summed E-state index contributed by atoms with van der Waals surface area (Å²) >= 11 is 5.71. The minimum atomic E-state index is -0.572. The molecule has 0 radical (unpaired) electrons. The smallest absolute Gasteiger partial charge is 0.329 e. The Bertz CT molecular complexity index is 834. The molecule has 0 aliphatic carbocycles. The summed E-state index contributed by atoms with van der Waals surface area (Å²) in [5.41, 5.74) is 1.03. The summed E-state index contributed by atoms with van der Waals surface area (Å²) in [5, 5.41) is 14.7. The molecule has 0 aliphatic heterocycles. The van der Waals surface area contributed by atoms with E-state index in [0.717, 1.165) is 11.6 Å². The summed E-state index contributed by atoms with van der Waals surface area (Å²) in [4.78, 5) is 22.2. The quantitative estimate of drug-likeness (QED) is 0.453. The topological polar surface area (TPSA) is 93.8 Å². The van der Waals surface area contributed by atoms with E-state index in [2.05, 4.69) is 20.3 Å². The molecule has 0 spiro atoms. The second-order valence-corrected chi connectivity index (χ2v) is 4.47. The van der Waals surface area contributed by atoms with Gasteiger partial charge >= 0.3 is 5.69 Å². The van der Waals surface area contributed by atoms with Crippen LogP contribution in [0.15, 0.2) is 42.7 Å². The fourth-order valence-electron chi connectivity index (χ4n) is 1.91. The Morgan fingerprint density at radius 1 is 1.19 bits per heavy atom. The maximum atomic E-state index is 11.0. The number of nitro groups is 1. The highest BCUT2D eigenvalue weighted by Gasteiger charge is 2.17. The number of para-hydroxylation sites is 1. The molecule has 0 bridgehead atoms. The Morgan fingerprint density at radius 2 is 2.00 bits per heavy atom. The number of nitrogens with zero attached hydrogens (tertiary/aromatic N) is 4. The summed E-state index contributed by atoms with van der Waals surface area (Å²) in [5.74, 6) is 0.0261. The van der Waals surface area contributed by atoms with Crippen LogP contribution >= 0.6 is 11.6 Å². The molecule has 1 N–H and O–H groups in total. The molecule has 2 heterocycles. The lowest BCUT2D eigenvalue weighted by molar-refractivity contribution is -0.384. The zero-order chi connectivity index (χ0) is 14.8. The third-order valence-electron chi connectivity index (χ3n) is 2.82. The maximum Gasteiger partial charge on any atom is 0.329 e. The highest BCUT2D eigenvalue weighted by atomic mass is 35.5. The molecule has 0 aliphatic rings. The first kappa shape index (κ1) is 13.2. The zero-order valence-electron chi connectivity index (χ0n) is 10.5. The third-order valence-corrected chi connectivity index (χ3v) is 3.00. The van der Waals surface area contributed by atoms with Gasteiger partial charge in [0.15, 0.2) is 0 Å². The van der Waals surface area contributed by atoms with E-state index in [1.54, 1.807) is 12.3 Å². The molecule has 21 heavy (non-hydrogen) atoms. The fraction of sp³-hybridized carbons (Fsp3) is 0. The first-order valence-corrected chi connectivity index (χ1v) is 6.30. The zero-order valence-corrected chi connectivity index (χ0v) is 11.3. The highest BCUT2D eigenvalue weighted by molar-refractivity contribution is 6.28. The molecular weight excluding hydrogens is 294 g/mol. The van der Waals surface area contributed by atoms with Crippen molar-refractivity contribution in [2.45, 2.75) is 0 Å². The first-order valence-electron chi connectivity index (χ1n) is 5.93. The molecule has 0 saturated heterocycles. The van der Waals surface area contributed by atoms with Crippen molar-refractivity contribution in [2.75, 3.05) is 5.32 Å². The van der Waals surface area contributed by atoms with Crippen LogP contribution in [0.4, 0.5) is 17.2 Å². The molecule has 0 unspecified atom stereocenters. The third kappa shape index (κ3) is 2.59. The SMILES string of the molecule is O=[N+]([O-])c1cnc(Cl)nc1Nc1cccc2cccnc12. The number of rotatable bonds is 3. The predicted octanol–water partition coefficient (Wildman–Crippen LogP) is 3.33. The molecule has 0 saturated carbocycles. The van der Waals surface area contributed by atoms with Gasteiger partial charge in [-0.15, -0.1) is 0 Å². The first-order chi connectivity index (χ1) is 10.1. The van der Waals surface area contributed by atoms with Gasteiger partial charge in [-0.05, 0) is 23.7 Å². The van der Waals surface area contributed by atoms with Gasteiger partial charge in [-0.25, -0.2) is 4.98 Å². The summed E-state index contributed by atoms with van der Waals surface area (Å²) < 4.78 is 0. The number of aromatic nitrogens is 3. The van der Waals surface area contributed by atoms with E-state index >= 15 is 0 Å². The van der Waals surface area contributed by atoms with Crippen molar-refractivity contribution in [1.29, 1.82) is 0 Å². The lowest BCUT2D eigenvalue weighted by atomic mass is 10.2. The Labute approximate surface area is 123 Å². The van der Waals surface area contributed by atoms with Crippen molar-refractivity contribution in [1.82, 2.24) is 15.0 Å². The number of hydrogen-bond donors (Lipinski definition) is 1. The van der Waals surface area contributed by atoms with Crippen LogP contribution in [0.25, 0.3) is 10.9 Å². The van der Waals surface area contributed by atoms with Crippen molar-refractivity contribution >= 4 is 39.7 Å². The Balaban J connectivity index is 2.11. The normalized spacial score (nSPS) is 10.5. The Kier molecular flexibility index (Phi) is 3.33. The van der Waals surface area contributed by atoms with Gasteiger partial charge in [-0.3, -0.25) is 15.1 Å². The van der Waals surface area contributed by atoms with E-state index in [-0.39, 0.29) is 16.8 Å². The standard InChI is InChI=1S/C13H8ClN5O2/c14-13-16-7-10(19(20)21)12(18-13)17-9-5-1-3-8-4-2-6-15-11(8)9/h1-7H,(H,16,17,18). The lowest BCUT2D eigenvalue weighted by Crippen LogP contribution is -2.02. The van der Waals surface area contributed by atoms with Crippen LogP contribution in [0.1, 0.15) is 0 Å². The van der Waals surface area contributed by atoms with Gasteiger partial charge in [0, 0.05) is 11.6 Å². The van der Waals surface area contributed by atoms with Crippen LogP contribution in [0.5, 0.6) is 0 Å². The number of hydrogen-bond acceptors (Lipinski definition) is 6. The van der Waals surface area contributed by atoms with E-state index in [9.17, 15) is 10.1 Å². The van der Waals surface area contributed by atoms with E-state index < -0.39 is 4.92 Å². The van der Waals surface area contributed by atoms with Crippen molar-refractivity contribution in [3.05, 3.63) is 58.1 Å². The van der Waals surface area contributed by atoms with E-state index in [0.29, 0.717) is 11.2 Å². The molecule has 1 aromatic carbocycles. The monoisotopic (exact) mass is 301 g/mol. The minimum absolute atomic E-state index is 0.0261. The molecule has 8 heteroatoms. The van der Waals surface area contributed by atoms with E-state index in [4.69, 9.17) is 11.6 Å². The van der Waals surface area contributed by atoms with Crippen molar-refractivity contribution in [3.63, 3.8) is 0 Å². The summed E-state index contributed by atoms with van der Waals surface area (Å²) in [6, 6.07) is 9.19. The maximum absolute atomic E-state index is 11.0. The summed E-state index contributed by atoms with van der Waals surface area (Å²) in [6.07, 6.45) is 2.71. The van der Waals surface area contributed by atoms with Crippen LogP contribution < -0.4 is 5.32 Å². The number of anilines is 2. The Morgan fingerprint density at radius 3 is 2.81 bits per heavy atom. The second kappa shape index (κ2) is 5.29. The molecule has 0 fully saturated rings. The molecule has 3 aromatic rings. The Hall–Kier alpha value is -2.80. The van der Waals surface area contributed by atoms with Crippen LogP contribution in [0.2, 0.25) is 5.28 Å². The fourth-order valence-corrected chi connectivity index (χ4v) is 2.05. The van der Waals surface area contributed by atoms with Crippen molar-refractivity contribution in [2.24, 2.45) is 0 Å². The minimum Gasteiger partial charge on any atom is -0.333 e. The van der Waals surface area contributed by atoms with Crippen LogP contribution in [0, 0.1) is 10.1 Å². The van der Waals surface area contributed by atoms with Gasteiger partial charge in [0.05, 0.1) is 16.1 Å². The number of nitrogens with one attached hydrogen (secondary N) is 1. The number of halogens is 1. The average molecular weight is 302 g/mol. The number of fused-ring (bicyclic) bond motifs is 1. The summed E-state index contributed by atoms with van der Waals surface area (Å²) in [7, 11) is 0. The lowest BCUT2D eigenvalue weighted by Gasteiger charge is -2.08. The van der Waals surface area contributed by atoms with Gasteiger partial charge in [-0.2, -0.15) is 4.98 Å². The molecule has 3 rings (SSSR count).